The molecule has 0 radical (unpaired) electrons. The quantitative estimate of drug-likeness (QED) is 0.726. The third kappa shape index (κ3) is 5.19. The van der Waals surface area contributed by atoms with Crippen molar-refractivity contribution in [3.63, 3.8) is 0 Å². The smallest absolute Gasteiger partial charge is 0.255 e. The van der Waals surface area contributed by atoms with Crippen LogP contribution in [0.1, 0.15) is 85.2 Å². The van der Waals surface area contributed by atoms with Crippen molar-refractivity contribution in [1.82, 2.24) is 5.32 Å². The summed E-state index contributed by atoms with van der Waals surface area (Å²) >= 11 is 0. The van der Waals surface area contributed by atoms with Crippen molar-refractivity contribution in [2.45, 2.75) is 59.4 Å². The van der Waals surface area contributed by atoms with Gasteiger partial charge < -0.3 is 10.6 Å². The van der Waals surface area contributed by atoms with Crippen LogP contribution in [0, 0.1) is 0 Å². The summed E-state index contributed by atoms with van der Waals surface area (Å²) in [5.41, 5.74) is 4.06. The second kappa shape index (κ2) is 8.85. The summed E-state index contributed by atoms with van der Waals surface area (Å²) in [6.07, 6.45) is 0. The van der Waals surface area contributed by atoms with Gasteiger partial charge in [0.1, 0.15) is 0 Å². The lowest BCUT2D eigenvalue weighted by molar-refractivity contribution is 0.0943. The van der Waals surface area contributed by atoms with Gasteiger partial charge in [-0.25, -0.2) is 0 Å². The molecule has 0 aliphatic carbocycles. The van der Waals surface area contributed by atoms with Gasteiger partial charge in [-0.2, -0.15) is 0 Å². The number of rotatable bonds is 6. The van der Waals surface area contributed by atoms with E-state index in [0.717, 1.165) is 16.8 Å². The Morgan fingerprint density at radius 2 is 1.22 bits per heavy atom. The highest BCUT2D eigenvalue weighted by Crippen LogP contribution is 2.32. The van der Waals surface area contributed by atoms with Crippen molar-refractivity contribution in [3.8, 4) is 0 Å². The van der Waals surface area contributed by atoms with Crippen LogP contribution < -0.4 is 10.6 Å². The van der Waals surface area contributed by atoms with Crippen molar-refractivity contribution < 1.29 is 9.59 Å². The summed E-state index contributed by atoms with van der Waals surface area (Å²) in [4.78, 5) is 25.2. The monoisotopic (exact) mass is 366 g/mol. The average Bonchev–Trinajstić information content (AvgIpc) is 2.61. The molecule has 0 aliphatic heterocycles. The largest absolute Gasteiger partial charge is 0.350 e. The van der Waals surface area contributed by atoms with E-state index in [1.54, 1.807) is 24.3 Å². The van der Waals surface area contributed by atoms with Crippen molar-refractivity contribution in [2.75, 3.05) is 5.32 Å². The van der Waals surface area contributed by atoms with Crippen LogP contribution in [0.15, 0.2) is 42.5 Å². The topological polar surface area (TPSA) is 58.2 Å². The molecule has 0 unspecified atom stereocenters. The molecule has 2 N–H and O–H groups in total. The molecule has 4 heteroatoms. The maximum atomic E-state index is 12.9. The fourth-order valence-electron chi connectivity index (χ4n) is 3.03. The van der Waals surface area contributed by atoms with Crippen LogP contribution in [0.25, 0.3) is 0 Å². The van der Waals surface area contributed by atoms with Crippen LogP contribution in [0.4, 0.5) is 5.69 Å². The van der Waals surface area contributed by atoms with Gasteiger partial charge in [0, 0.05) is 22.9 Å². The second-order valence-corrected chi connectivity index (χ2v) is 7.78. The van der Waals surface area contributed by atoms with Gasteiger partial charge in [0.25, 0.3) is 11.8 Å². The molecule has 0 aromatic heterocycles. The standard InChI is InChI=1S/C23H30N2O2/c1-14(2)19-11-8-12-20(15(3)4)21(19)25-23(27)18-10-7-9-17(13-18)22(26)24-16(5)6/h7-16H,1-6H3,(H,24,26)(H,25,27). The Morgan fingerprint density at radius 1 is 0.741 bits per heavy atom. The van der Waals surface area contributed by atoms with Crippen LogP contribution in [0.5, 0.6) is 0 Å². The minimum atomic E-state index is -0.204. The molecule has 144 valence electrons. The van der Waals surface area contributed by atoms with Gasteiger partial charge in [-0.1, -0.05) is 52.0 Å². The fourth-order valence-corrected chi connectivity index (χ4v) is 3.03. The first-order chi connectivity index (χ1) is 12.7. The summed E-state index contributed by atoms with van der Waals surface area (Å²) in [7, 11) is 0. The third-order valence-electron chi connectivity index (χ3n) is 4.42. The van der Waals surface area contributed by atoms with E-state index in [1.165, 1.54) is 0 Å². The maximum absolute atomic E-state index is 12.9. The molecule has 0 aliphatic rings. The molecule has 2 aromatic rings. The van der Waals surface area contributed by atoms with Crippen LogP contribution in [-0.2, 0) is 0 Å². The van der Waals surface area contributed by atoms with Gasteiger partial charge in [-0.05, 0) is 55.0 Å². The Morgan fingerprint density at radius 3 is 1.70 bits per heavy atom. The molecular formula is C23H30N2O2. The maximum Gasteiger partial charge on any atom is 0.255 e. The first-order valence-electron chi connectivity index (χ1n) is 9.55. The molecule has 27 heavy (non-hydrogen) atoms. The lowest BCUT2D eigenvalue weighted by atomic mass is 9.92. The molecule has 2 rings (SSSR count). The van der Waals surface area contributed by atoms with Crippen molar-refractivity contribution >= 4 is 17.5 Å². The Hall–Kier alpha value is -2.62. The predicted molar refractivity (Wildman–Crippen MR) is 112 cm³/mol. The minimum absolute atomic E-state index is 0.0431. The van der Waals surface area contributed by atoms with E-state index in [0.29, 0.717) is 23.0 Å². The predicted octanol–water partition coefficient (Wildman–Crippen LogP) is 5.32. The summed E-state index contributed by atoms with van der Waals surface area (Å²) in [5.74, 6) is 0.207. The molecule has 0 atom stereocenters. The SMILES string of the molecule is CC(C)NC(=O)c1cccc(C(=O)Nc2c(C(C)C)cccc2C(C)C)c1. The fraction of sp³-hybridized carbons (Fsp3) is 0.391. The highest BCUT2D eigenvalue weighted by atomic mass is 16.2. The zero-order chi connectivity index (χ0) is 20.1. The number of para-hydroxylation sites is 1. The minimum Gasteiger partial charge on any atom is -0.350 e. The second-order valence-electron chi connectivity index (χ2n) is 7.78. The highest BCUT2D eigenvalue weighted by Gasteiger charge is 2.17. The molecule has 0 heterocycles. The molecular weight excluding hydrogens is 336 g/mol. The van der Waals surface area contributed by atoms with E-state index in [2.05, 4.69) is 50.5 Å². The van der Waals surface area contributed by atoms with Crippen LogP contribution in [0.2, 0.25) is 0 Å². The molecule has 2 aromatic carbocycles. The van der Waals surface area contributed by atoms with Gasteiger partial charge in [-0.15, -0.1) is 0 Å². The lowest BCUT2D eigenvalue weighted by Crippen LogP contribution is -2.30. The average molecular weight is 367 g/mol. The zero-order valence-corrected chi connectivity index (χ0v) is 17.1. The Balaban J connectivity index is 2.34. The van der Waals surface area contributed by atoms with Crippen LogP contribution >= 0.6 is 0 Å². The number of carbonyl (C=O) groups is 2. The van der Waals surface area contributed by atoms with Gasteiger partial charge in [0.05, 0.1) is 0 Å². The first kappa shape index (κ1) is 20.7. The number of benzene rings is 2. The molecule has 0 fully saturated rings. The van der Waals surface area contributed by atoms with E-state index >= 15 is 0 Å². The van der Waals surface area contributed by atoms with Crippen LogP contribution in [0.3, 0.4) is 0 Å². The number of amides is 2. The van der Waals surface area contributed by atoms with Crippen molar-refractivity contribution in [2.24, 2.45) is 0 Å². The van der Waals surface area contributed by atoms with Gasteiger partial charge in [0.15, 0.2) is 0 Å². The molecule has 0 spiro atoms. The molecule has 0 bridgehead atoms. The first-order valence-corrected chi connectivity index (χ1v) is 9.55. The number of hydrogen-bond donors (Lipinski definition) is 2. The third-order valence-corrected chi connectivity index (χ3v) is 4.42. The Bertz CT molecular complexity index is 797. The lowest BCUT2D eigenvalue weighted by Gasteiger charge is -2.20. The van der Waals surface area contributed by atoms with Gasteiger partial charge in [0.2, 0.25) is 0 Å². The van der Waals surface area contributed by atoms with E-state index in [9.17, 15) is 9.59 Å². The number of nitrogens with one attached hydrogen (secondary N) is 2. The number of anilines is 1. The molecule has 4 nitrogen and oxygen atoms in total. The zero-order valence-electron chi connectivity index (χ0n) is 17.1. The van der Waals surface area contributed by atoms with E-state index in [-0.39, 0.29) is 17.9 Å². The molecule has 0 saturated heterocycles. The summed E-state index contributed by atoms with van der Waals surface area (Å²) < 4.78 is 0. The van der Waals surface area contributed by atoms with E-state index < -0.39 is 0 Å². The Labute approximate surface area is 162 Å². The summed E-state index contributed by atoms with van der Waals surface area (Å²) in [5, 5.41) is 5.95. The van der Waals surface area contributed by atoms with Crippen molar-refractivity contribution in [3.05, 3.63) is 64.7 Å². The molecule has 2 amide bonds. The van der Waals surface area contributed by atoms with Crippen molar-refractivity contribution in [1.29, 1.82) is 0 Å². The van der Waals surface area contributed by atoms with E-state index in [4.69, 9.17) is 0 Å². The van der Waals surface area contributed by atoms with Crippen LogP contribution in [-0.4, -0.2) is 17.9 Å². The normalized spacial score (nSPS) is 11.1. The molecule has 0 saturated carbocycles. The summed E-state index contributed by atoms with van der Waals surface area (Å²) in [6.45, 7) is 12.3. The summed E-state index contributed by atoms with van der Waals surface area (Å²) in [6, 6.07) is 13.0. The van der Waals surface area contributed by atoms with E-state index in [1.807, 2.05) is 19.9 Å². The number of carbonyl (C=O) groups excluding carboxylic acids is 2. The number of hydrogen-bond acceptors (Lipinski definition) is 2. The Kier molecular flexibility index (Phi) is 6.78. The highest BCUT2D eigenvalue weighted by molar-refractivity contribution is 6.07. The van der Waals surface area contributed by atoms with Gasteiger partial charge in [-0.3, -0.25) is 9.59 Å². The van der Waals surface area contributed by atoms with Gasteiger partial charge >= 0.3 is 0 Å².